The lowest BCUT2D eigenvalue weighted by Crippen LogP contribution is -2.28. The van der Waals surface area contributed by atoms with Crippen LogP contribution in [0, 0.1) is 0 Å². The van der Waals surface area contributed by atoms with Crippen molar-refractivity contribution in [2.24, 2.45) is 0 Å². The van der Waals surface area contributed by atoms with Crippen molar-refractivity contribution >= 4 is 22.9 Å². The topological polar surface area (TPSA) is 45.2 Å². The molecular formula is C20H27N3O. The molecule has 0 unspecified atom stereocenters. The van der Waals surface area contributed by atoms with Gasteiger partial charge in [-0.3, -0.25) is 9.78 Å². The molecule has 0 aliphatic rings. The number of nitrogens with zero attached hydrogens (tertiary/aromatic N) is 2. The average Bonchev–Trinajstić information content (AvgIpc) is 2.59. The molecule has 0 radical (unpaired) electrons. The summed E-state index contributed by atoms with van der Waals surface area (Å²) in [6, 6.07) is 10.4. The lowest BCUT2D eigenvalue weighted by Gasteiger charge is -2.20. The van der Waals surface area contributed by atoms with Gasteiger partial charge >= 0.3 is 0 Å². The maximum Gasteiger partial charge on any atom is 0.243 e. The highest BCUT2D eigenvalue weighted by Gasteiger charge is 2.02. The molecule has 1 aromatic heterocycles. The molecule has 1 amide bonds. The molecule has 2 rings (SSSR count). The van der Waals surface area contributed by atoms with Gasteiger partial charge < -0.3 is 10.2 Å². The first-order valence-corrected chi connectivity index (χ1v) is 8.58. The summed E-state index contributed by atoms with van der Waals surface area (Å²) in [6.07, 6.45) is 7.31. The summed E-state index contributed by atoms with van der Waals surface area (Å²) < 4.78 is 0. The van der Waals surface area contributed by atoms with Crippen molar-refractivity contribution < 1.29 is 4.79 Å². The van der Waals surface area contributed by atoms with Crippen LogP contribution in [-0.4, -0.2) is 42.0 Å². The second-order valence-electron chi connectivity index (χ2n) is 6.32. The molecule has 0 atom stereocenters. The van der Waals surface area contributed by atoms with Gasteiger partial charge in [0.1, 0.15) is 0 Å². The van der Waals surface area contributed by atoms with Gasteiger partial charge in [0.15, 0.2) is 0 Å². The Bertz CT molecular complexity index is 689. The van der Waals surface area contributed by atoms with E-state index in [1.54, 1.807) is 12.3 Å². The van der Waals surface area contributed by atoms with Crippen molar-refractivity contribution in [1.82, 2.24) is 15.2 Å². The number of rotatable bonds is 8. The molecule has 1 heterocycles. The van der Waals surface area contributed by atoms with E-state index in [-0.39, 0.29) is 5.91 Å². The number of carbonyl (C=O) groups is 1. The zero-order valence-electron chi connectivity index (χ0n) is 14.8. The standard InChI is InChI=1S/C20H27N3O/c1-16(2)23(3)15-7-6-13-22-20(24)11-10-17-12-14-21-19-9-5-4-8-18(17)19/h4-5,8-12,14,16H,6-7,13,15H2,1-3H3,(H,22,24). The number of hydrogen-bond acceptors (Lipinski definition) is 3. The van der Waals surface area contributed by atoms with Crippen LogP contribution in [0.5, 0.6) is 0 Å². The molecule has 1 aromatic carbocycles. The van der Waals surface area contributed by atoms with Crippen molar-refractivity contribution in [3.05, 3.63) is 48.2 Å². The number of para-hydroxylation sites is 1. The van der Waals surface area contributed by atoms with E-state index in [0.717, 1.165) is 35.9 Å². The van der Waals surface area contributed by atoms with Gasteiger partial charge in [-0.1, -0.05) is 18.2 Å². The number of benzene rings is 1. The third kappa shape index (κ3) is 5.46. The molecule has 2 aromatic rings. The summed E-state index contributed by atoms with van der Waals surface area (Å²) in [5, 5.41) is 4.00. The summed E-state index contributed by atoms with van der Waals surface area (Å²) >= 11 is 0. The van der Waals surface area contributed by atoms with E-state index in [1.165, 1.54) is 0 Å². The quantitative estimate of drug-likeness (QED) is 0.597. The molecule has 24 heavy (non-hydrogen) atoms. The number of carbonyl (C=O) groups excluding carboxylic acids is 1. The Morgan fingerprint density at radius 3 is 2.83 bits per heavy atom. The number of hydrogen-bond donors (Lipinski definition) is 1. The molecule has 0 fully saturated rings. The van der Waals surface area contributed by atoms with Crippen LogP contribution in [-0.2, 0) is 4.79 Å². The van der Waals surface area contributed by atoms with Gasteiger partial charge in [0.2, 0.25) is 5.91 Å². The minimum Gasteiger partial charge on any atom is -0.353 e. The fraction of sp³-hybridized carbons (Fsp3) is 0.400. The highest BCUT2D eigenvalue weighted by molar-refractivity contribution is 5.95. The fourth-order valence-corrected chi connectivity index (χ4v) is 2.44. The number of fused-ring (bicyclic) bond motifs is 1. The van der Waals surface area contributed by atoms with Crippen molar-refractivity contribution in [3.63, 3.8) is 0 Å². The van der Waals surface area contributed by atoms with Gasteiger partial charge in [-0.25, -0.2) is 0 Å². The predicted octanol–water partition coefficient (Wildman–Crippen LogP) is 3.48. The average molecular weight is 325 g/mol. The van der Waals surface area contributed by atoms with Crippen LogP contribution < -0.4 is 5.32 Å². The van der Waals surface area contributed by atoms with Crippen LogP contribution in [0.2, 0.25) is 0 Å². The summed E-state index contributed by atoms with van der Waals surface area (Å²) in [7, 11) is 2.13. The van der Waals surface area contributed by atoms with E-state index < -0.39 is 0 Å². The lowest BCUT2D eigenvalue weighted by atomic mass is 10.1. The molecule has 128 valence electrons. The Morgan fingerprint density at radius 2 is 2.04 bits per heavy atom. The van der Waals surface area contributed by atoms with Crippen LogP contribution in [0.4, 0.5) is 0 Å². The van der Waals surface area contributed by atoms with Crippen molar-refractivity contribution in [3.8, 4) is 0 Å². The predicted molar refractivity (Wildman–Crippen MR) is 101 cm³/mol. The van der Waals surface area contributed by atoms with E-state index in [1.807, 2.05) is 36.4 Å². The number of unbranched alkanes of at least 4 members (excludes halogenated alkanes) is 1. The van der Waals surface area contributed by atoms with Gasteiger partial charge in [-0.15, -0.1) is 0 Å². The largest absolute Gasteiger partial charge is 0.353 e. The number of aromatic nitrogens is 1. The fourth-order valence-electron chi connectivity index (χ4n) is 2.44. The number of amides is 1. The third-order valence-electron chi connectivity index (χ3n) is 4.22. The highest BCUT2D eigenvalue weighted by atomic mass is 16.1. The summed E-state index contributed by atoms with van der Waals surface area (Å²) in [5.74, 6) is -0.0480. The summed E-state index contributed by atoms with van der Waals surface area (Å²) in [6.45, 7) is 6.16. The maximum atomic E-state index is 11.9. The van der Waals surface area contributed by atoms with Crippen molar-refractivity contribution in [1.29, 1.82) is 0 Å². The van der Waals surface area contributed by atoms with E-state index in [0.29, 0.717) is 12.6 Å². The second-order valence-corrected chi connectivity index (χ2v) is 6.32. The van der Waals surface area contributed by atoms with Crippen LogP contribution in [0.1, 0.15) is 32.3 Å². The zero-order chi connectivity index (χ0) is 17.4. The van der Waals surface area contributed by atoms with E-state index >= 15 is 0 Å². The molecule has 0 bridgehead atoms. The Balaban J connectivity index is 1.79. The van der Waals surface area contributed by atoms with E-state index in [4.69, 9.17) is 0 Å². The molecule has 0 saturated carbocycles. The monoisotopic (exact) mass is 325 g/mol. The van der Waals surface area contributed by atoms with E-state index in [2.05, 4.69) is 36.1 Å². The molecule has 0 saturated heterocycles. The Hall–Kier alpha value is -2.20. The molecular weight excluding hydrogens is 298 g/mol. The molecule has 1 N–H and O–H groups in total. The Kier molecular flexibility index (Phi) is 6.94. The van der Waals surface area contributed by atoms with E-state index in [9.17, 15) is 4.79 Å². The van der Waals surface area contributed by atoms with Gasteiger partial charge in [0, 0.05) is 30.2 Å². The number of nitrogens with one attached hydrogen (secondary N) is 1. The maximum absolute atomic E-state index is 11.9. The third-order valence-corrected chi connectivity index (χ3v) is 4.22. The van der Waals surface area contributed by atoms with Crippen LogP contribution in [0.15, 0.2) is 42.6 Å². The van der Waals surface area contributed by atoms with Crippen molar-refractivity contribution in [2.75, 3.05) is 20.1 Å². The molecule has 0 spiro atoms. The Morgan fingerprint density at radius 1 is 1.25 bits per heavy atom. The molecule has 4 nitrogen and oxygen atoms in total. The van der Waals surface area contributed by atoms with Gasteiger partial charge in [0.25, 0.3) is 0 Å². The second kappa shape index (κ2) is 9.18. The first-order chi connectivity index (χ1) is 11.6. The molecule has 4 heteroatoms. The van der Waals surface area contributed by atoms with Crippen molar-refractivity contribution in [2.45, 2.75) is 32.7 Å². The minimum atomic E-state index is -0.0480. The molecule has 0 aliphatic carbocycles. The van der Waals surface area contributed by atoms with Gasteiger partial charge in [0.05, 0.1) is 5.52 Å². The normalized spacial score (nSPS) is 11.7. The summed E-state index contributed by atoms with van der Waals surface area (Å²) in [4.78, 5) is 18.6. The number of pyridine rings is 1. The lowest BCUT2D eigenvalue weighted by molar-refractivity contribution is -0.116. The minimum absolute atomic E-state index is 0.0480. The first kappa shape index (κ1) is 18.1. The van der Waals surface area contributed by atoms with Crippen LogP contribution in [0.3, 0.4) is 0 Å². The molecule has 0 aliphatic heterocycles. The van der Waals surface area contributed by atoms with Gasteiger partial charge in [-0.2, -0.15) is 0 Å². The highest BCUT2D eigenvalue weighted by Crippen LogP contribution is 2.17. The van der Waals surface area contributed by atoms with Gasteiger partial charge in [-0.05, 0) is 64.1 Å². The smallest absolute Gasteiger partial charge is 0.243 e. The summed E-state index contributed by atoms with van der Waals surface area (Å²) in [5.41, 5.74) is 1.95. The van der Waals surface area contributed by atoms with Crippen LogP contribution >= 0.6 is 0 Å². The first-order valence-electron chi connectivity index (χ1n) is 8.58. The Labute approximate surface area is 144 Å². The SMILES string of the molecule is CC(C)N(C)CCCCNC(=O)C=Cc1ccnc2ccccc12. The van der Waals surface area contributed by atoms with Crippen LogP contribution in [0.25, 0.3) is 17.0 Å². The zero-order valence-corrected chi connectivity index (χ0v) is 14.8.